The van der Waals surface area contributed by atoms with E-state index in [1.54, 1.807) is 12.1 Å². The van der Waals surface area contributed by atoms with Crippen LogP contribution >= 0.6 is 23.2 Å². The van der Waals surface area contributed by atoms with Gasteiger partial charge in [0.1, 0.15) is 10.0 Å². The zero-order valence-corrected chi connectivity index (χ0v) is 9.70. The van der Waals surface area contributed by atoms with Crippen molar-refractivity contribution < 1.29 is 0 Å². The first-order chi connectivity index (χ1) is 7.72. The Bertz CT molecular complexity index is 536. The molecule has 2 rings (SSSR count). The summed E-state index contributed by atoms with van der Waals surface area (Å²) in [5.41, 5.74) is 2.10. The number of benzene rings is 2. The number of nitrogens with zero attached hydrogens (tertiary/aromatic N) is 2. The molecule has 0 spiro atoms. The van der Waals surface area contributed by atoms with Crippen LogP contribution in [0.5, 0.6) is 0 Å². The molecule has 0 radical (unpaired) electrons. The van der Waals surface area contributed by atoms with Crippen molar-refractivity contribution in [2.24, 2.45) is 0 Å². The minimum absolute atomic E-state index is 0.197. The molecular formula is C12H7Cl2N2+. The highest BCUT2D eigenvalue weighted by Crippen LogP contribution is 2.37. The van der Waals surface area contributed by atoms with Crippen molar-refractivity contribution in [3.63, 3.8) is 0 Å². The number of halogens is 2. The van der Waals surface area contributed by atoms with Gasteiger partial charge in [0.25, 0.3) is 0 Å². The molecule has 0 atom stereocenters. The molecule has 2 nitrogen and oxygen atoms in total. The van der Waals surface area contributed by atoms with E-state index in [1.807, 2.05) is 30.3 Å². The molecule has 16 heavy (non-hydrogen) atoms. The standard InChI is InChI=1S/C12H7Cl2N2/c13-10-6-9(7-11(14)12(10)16-15)8-4-2-1-3-5-8/h1-7H/q+1. The third-order valence-electron chi connectivity index (χ3n) is 2.22. The van der Waals surface area contributed by atoms with Crippen molar-refractivity contribution in [2.75, 3.05) is 0 Å². The van der Waals surface area contributed by atoms with E-state index in [-0.39, 0.29) is 5.69 Å². The van der Waals surface area contributed by atoms with Gasteiger partial charge >= 0.3 is 5.69 Å². The molecule has 0 unspecified atom stereocenters. The Labute approximate surface area is 103 Å². The molecule has 0 aliphatic rings. The minimum Gasteiger partial charge on any atom is -0.0754 e. The fraction of sp³-hybridized carbons (Fsp3) is 0. The summed E-state index contributed by atoms with van der Waals surface area (Å²) < 4.78 is 0. The van der Waals surface area contributed by atoms with Crippen LogP contribution < -0.4 is 0 Å². The van der Waals surface area contributed by atoms with E-state index in [2.05, 4.69) is 4.98 Å². The van der Waals surface area contributed by atoms with Crippen LogP contribution in [0.15, 0.2) is 42.5 Å². The van der Waals surface area contributed by atoms with Gasteiger partial charge in [0, 0.05) is 0 Å². The second-order valence-electron chi connectivity index (χ2n) is 3.25. The second kappa shape index (κ2) is 4.52. The van der Waals surface area contributed by atoms with Crippen LogP contribution in [-0.4, -0.2) is 0 Å². The molecule has 0 aromatic heterocycles. The average Bonchev–Trinajstić information content (AvgIpc) is 2.30. The normalized spacial score (nSPS) is 9.81. The van der Waals surface area contributed by atoms with Gasteiger partial charge in [-0.15, -0.1) is 0 Å². The molecule has 0 bridgehead atoms. The Hall–Kier alpha value is -1.56. The van der Waals surface area contributed by atoms with E-state index in [1.165, 1.54) is 0 Å². The predicted molar refractivity (Wildman–Crippen MR) is 66.6 cm³/mol. The van der Waals surface area contributed by atoms with Crippen LogP contribution in [0.3, 0.4) is 0 Å². The minimum atomic E-state index is 0.197. The van der Waals surface area contributed by atoms with E-state index in [4.69, 9.17) is 28.6 Å². The van der Waals surface area contributed by atoms with Gasteiger partial charge in [-0.2, -0.15) is 0 Å². The van der Waals surface area contributed by atoms with Gasteiger partial charge in [-0.1, -0.05) is 53.5 Å². The van der Waals surface area contributed by atoms with Gasteiger partial charge in [0.15, 0.2) is 4.98 Å². The van der Waals surface area contributed by atoms with Gasteiger partial charge in [-0.05, 0) is 23.3 Å². The molecule has 0 amide bonds. The average molecular weight is 250 g/mol. The highest BCUT2D eigenvalue weighted by atomic mass is 35.5. The van der Waals surface area contributed by atoms with E-state index < -0.39 is 0 Å². The Balaban J connectivity index is 2.58. The second-order valence-corrected chi connectivity index (χ2v) is 4.07. The summed E-state index contributed by atoms with van der Waals surface area (Å²) in [5.74, 6) is 0. The SMILES string of the molecule is N#[N+]c1c(Cl)cc(-c2ccccc2)cc1Cl. The van der Waals surface area contributed by atoms with Crippen LogP contribution in [0.1, 0.15) is 0 Å². The monoisotopic (exact) mass is 249 g/mol. The Morgan fingerprint density at radius 1 is 0.875 bits per heavy atom. The van der Waals surface area contributed by atoms with Gasteiger partial charge in [-0.25, -0.2) is 0 Å². The number of hydrogen-bond donors (Lipinski definition) is 0. The predicted octanol–water partition coefficient (Wildman–Crippen LogP) is 5.14. The van der Waals surface area contributed by atoms with Crippen molar-refractivity contribution in [3.8, 4) is 11.1 Å². The fourth-order valence-corrected chi connectivity index (χ4v) is 2.02. The number of diazo groups is 1. The third-order valence-corrected chi connectivity index (χ3v) is 2.80. The maximum Gasteiger partial charge on any atom is 0.421 e. The molecule has 0 fully saturated rings. The zero-order chi connectivity index (χ0) is 11.5. The number of hydrogen-bond acceptors (Lipinski definition) is 1. The third kappa shape index (κ3) is 2.01. The Morgan fingerprint density at radius 3 is 1.94 bits per heavy atom. The summed E-state index contributed by atoms with van der Waals surface area (Å²) in [6, 6.07) is 13.2. The lowest BCUT2D eigenvalue weighted by atomic mass is 10.1. The van der Waals surface area contributed by atoms with Crippen LogP contribution in [0.4, 0.5) is 5.69 Å². The highest BCUT2D eigenvalue weighted by molar-refractivity contribution is 6.39. The summed E-state index contributed by atoms with van der Waals surface area (Å²) >= 11 is 11.9. The van der Waals surface area contributed by atoms with Crippen LogP contribution in [0.25, 0.3) is 16.1 Å². The molecule has 0 aliphatic carbocycles. The molecule has 0 N–H and O–H groups in total. The van der Waals surface area contributed by atoms with E-state index in [9.17, 15) is 0 Å². The van der Waals surface area contributed by atoms with Crippen molar-refractivity contribution in [3.05, 3.63) is 57.5 Å². The lowest BCUT2D eigenvalue weighted by Crippen LogP contribution is -1.78. The zero-order valence-electron chi connectivity index (χ0n) is 8.19. The summed E-state index contributed by atoms with van der Waals surface area (Å²) in [4.78, 5) is 3.04. The van der Waals surface area contributed by atoms with Gasteiger partial charge in [-0.3, -0.25) is 0 Å². The molecule has 0 saturated carbocycles. The van der Waals surface area contributed by atoms with Gasteiger partial charge < -0.3 is 0 Å². The largest absolute Gasteiger partial charge is 0.421 e. The van der Waals surface area contributed by atoms with Gasteiger partial charge in [0.2, 0.25) is 5.39 Å². The summed E-state index contributed by atoms with van der Waals surface area (Å²) in [5, 5.41) is 9.37. The molecule has 0 heterocycles. The smallest absolute Gasteiger partial charge is 0.0754 e. The molecule has 78 valence electrons. The fourth-order valence-electron chi connectivity index (χ4n) is 1.46. The molecule has 2 aromatic rings. The lowest BCUT2D eigenvalue weighted by Gasteiger charge is -2.01. The quantitative estimate of drug-likeness (QED) is 0.643. The molecule has 4 heteroatoms. The van der Waals surface area contributed by atoms with Crippen molar-refractivity contribution in [1.29, 1.82) is 5.39 Å². The maximum atomic E-state index is 8.72. The molecule has 0 saturated heterocycles. The summed E-state index contributed by atoms with van der Waals surface area (Å²) in [6.07, 6.45) is 0. The van der Waals surface area contributed by atoms with Crippen molar-refractivity contribution in [1.82, 2.24) is 0 Å². The van der Waals surface area contributed by atoms with E-state index >= 15 is 0 Å². The van der Waals surface area contributed by atoms with Crippen LogP contribution in [0, 0.1) is 5.39 Å². The van der Waals surface area contributed by atoms with Crippen LogP contribution in [-0.2, 0) is 0 Å². The van der Waals surface area contributed by atoms with Gasteiger partial charge in [0.05, 0.1) is 0 Å². The Kier molecular flexibility index (Phi) is 3.09. The first-order valence-electron chi connectivity index (χ1n) is 4.62. The summed E-state index contributed by atoms with van der Waals surface area (Å²) in [7, 11) is 0. The Morgan fingerprint density at radius 2 is 1.44 bits per heavy atom. The lowest BCUT2D eigenvalue weighted by molar-refractivity contribution is 1.46. The highest BCUT2D eigenvalue weighted by Gasteiger charge is 2.19. The van der Waals surface area contributed by atoms with Crippen LogP contribution in [0.2, 0.25) is 10.0 Å². The number of rotatable bonds is 1. The van der Waals surface area contributed by atoms with Crippen molar-refractivity contribution >= 4 is 28.9 Å². The first kappa shape index (κ1) is 10.9. The first-order valence-corrected chi connectivity index (χ1v) is 5.37. The topological polar surface area (TPSA) is 28.1 Å². The van der Waals surface area contributed by atoms with E-state index in [0.29, 0.717) is 10.0 Å². The summed E-state index contributed by atoms with van der Waals surface area (Å²) in [6.45, 7) is 0. The molecular weight excluding hydrogens is 243 g/mol. The van der Waals surface area contributed by atoms with E-state index in [0.717, 1.165) is 11.1 Å². The maximum absolute atomic E-state index is 8.72. The molecule has 0 aliphatic heterocycles. The molecule has 2 aromatic carbocycles. The van der Waals surface area contributed by atoms with Crippen molar-refractivity contribution in [2.45, 2.75) is 0 Å².